The zero-order chi connectivity index (χ0) is 17.4. The molecule has 24 heavy (non-hydrogen) atoms. The van der Waals surface area contributed by atoms with E-state index >= 15 is 0 Å². The summed E-state index contributed by atoms with van der Waals surface area (Å²) in [5.74, 6) is 0. The molecule has 1 saturated carbocycles. The van der Waals surface area contributed by atoms with Gasteiger partial charge in [-0.1, -0.05) is 70.4 Å². The summed E-state index contributed by atoms with van der Waals surface area (Å²) < 4.78 is 0. The van der Waals surface area contributed by atoms with Crippen molar-refractivity contribution in [2.75, 3.05) is 11.5 Å². The molecular weight excluding hydrogens is 292 g/mol. The normalized spacial score (nSPS) is 17.6. The average Bonchev–Trinajstić information content (AvgIpc) is 2.55. The fourth-order valence-electron chi connectivity index (χ4n) is 4.21. The molecule has 2 heteroatoms. The number of nitrogens with two attached hydrogens (primary N) is 2. The van der Waals surface area contributed by atoms with Gasteiger partial charge in [0, 0.05) is 16.8 Å². The first-order chi connectivity index (χ1) is 11.3. The van der Waals surface area contributed by atoms with Crippen molar-refractivity contribution in [2.45, 2.75) is 63.7 Å². The molecule has 0 bridgehead atoms. The highest BCUT2D eigenvalue weighted by Crippen LogP contribution is 2.49. The summed E-state index contributed by atoms with van der Waals surface area (Å²) in [5, 5.41) is 0. The summed E-state index contributed by atoms with van der Waals surface area (Å²) in [6.07, 6.45) is 6.01. The second-order valence-corrected chi connectivity index (χ2v) is 8.28. The average molecular weight is 322 g/mol. The highest BCUT2D eigenvalue weighted by atomic mass is 14.6. The van der Waals surface area contributed by atoms with Gasteiger partial charge >= 0.3 is 0 Å². The molecule has 0 aromatic heterocycles. The second kappa shape index (κ2) is 6.16. The topological polar surface area (TPSA) is 52.0 Å². The summed E-state index contributed by atoms with van der Waals surface area (Å²) in [6, 6.07) is 14.9. The molecule has 2 aromatic carbocycles. The predicted molar refractivity (Wildman–Crippen MR) is 104 cm³/mol. The number of para-hydroxylation sites is 1. The first-order valence-corrected chi connectivity index (χ1v) is 9.10. The van der Waals surface area contributed by atoms with Crippen molar-refractivity contribution in [3.05, 3.63) is 59.2 Å². The molecule has 0 radical (unpaired) electrons. The standard InChI is InChI=1S/C22H30N2/c1-21(2,3)16-11-12-20(24)18(15-16)22(13-7-4-8-14-22)17-9-5-6-10-19(17)23/h5-6,9-12,15H,4,7-8,13-14,23-24H2,1-3H3. The molecule has 0 heterocycles. The number of hydrogen-bond acceptors (Lipinski definition) is 2. The maximum absolute atomic E-state index is 6.50. The maximum Gasteiger partial charge on any atom is 0.0355 e. The summed E-state index contributed by atoms with van der Waals surface area (Å²) >= 11 is 0. The fourth-order valence-corrected chi connectivity index (χ4v) is 4.21. The van der Waals surface area contributed by atoms with Gasteiger partial charge in [0.15, 0.2) is 0 Å². The Morgan fingerprint density at radius 3 is 2.04 bits per heavy atom. The minimum atomic E-state index is -0.0467. The van der Waals surface area contributed by atoms with Gasteiger partial charge in [0.25, 0.3) is 0 Å². The highest BCUT2D eigenvalue weighted by molar-refractivity contribution is 5.62. The minimum Gasteiger partial charge on any atom is -0.398 e. The highest BCUT2D eigenvalue weighted by Gasteiger charge is 2.38. The molecular formula is C22H30N2. The van der Waals surface area contributed by atoms with Gasteiger partial charge in [-0.25, -0.2) is 0 Å². The number of nitrogen functional groups attached to an aromatic ring is 2. The number of anilines is 2. The van der Waals surface area contributed by atoms with Gasteiger partial charge in [0.2, 0.25) is 0 Å². The quantitative estimate of drug-likeness (QED) is 0.727. The Morgan fingerprint density at radius 2 is 1.42 bits per heavy atom. The largest absolute Gasteiger partial charge is 0.398 e. The van der Waals surface area contributed by atoms with E-state index in [1.165, 1.54) is 36.0 Å². The van der Waals surface area contributed by atoms with Crippen LogP contribution < -0.4 is 11.5 Å². The van der Waals surface area contributed by atoms with Crippen LogP contribution in [0.2, 0.25) is 0 Å². The number of hydrogen-bond donors (Lipinski definition) is 2. The van der Waals surface area contributed by atoms with Crippen molar-refractivity contribution < 1.29 is 0 Å². The second-order valence-electron chi connectivity index (χ2n) is 8.28. The minimum absolute atomic E-state index is 0.0467. The lowest BCUT2D eigenvalue weighted by molar-refractivity contribution is 0.347. The summed E-state index contributed by atoms with van der Waals surface area (Å²) in [4.78, 5) is 0. The first kappa shape index (κ1) is 16.9. The molecule has 1 aliphatic rings. The number of rotatable bonds is 2. The van der Waals surface area contributed by atoms with Crippen LogP contribution in [0.4, 0.5) is 11.4 Å². The molecule has 2 nitrogen and oxygen atoms in total. The van der Waals surface area contributed by atoms with Crippen LogP contribution >= 0.6 is 0 Å². The zero-order valence-corrected chi connectivity index (χ0v) is 15.2. The van der Waals surface area contributed by atoms with Crippen molar-refractivity contribution in [1.82, 2.24) is 0 Å². The van der Waals surface area contributed by atoms with Gasteiger partial charge < -0.3 is 11.5 Å². The molecule has 1 aliphatic carbocycles. The van der Waals surface area contributed by atoms with Crippen LogP contribution in [0, 0.1) is 0 Å². The molecule has 0 spiro atoms. The van der Waals surface area contributed by atoms with Crippen molar-refractivity contribution >= 4 is 11.4 Å². The van der Waals surface area contributed by atoms with Gasteiger partial charge in [0.05, 0.1) is 0 Å². The molecule has 1 fully saturated rings. The Balaban J connectivity index is 2.23. The van der Waals surface area contributed by atoms with Gasteiger partial charge in [-0.15, -0.1) is 0 Å². The van der Waals surface area contributed by atoms with Crippen LogP contribution in [0.5, 0.6) is 0 Å². The molecule has 0 saturated heterocycles. The van der Waals surface area contributed by atoms with Crippen LogP contribution in [-0.4, -0.2) is 0 Å². The van der Waals surface area contributed by atoms with E-state index in [9.17, 15) is 0 Å². The number of benzene rings is 2. The SMILES string of the molecule is CC(C)(C)c1ccc(N)c(C2(c3ccccc3N)CCCCC2)c1. The summed E-state index contributed by atoms with van der Waals surface area (Å²) in [7, 11) is 0. The van der Waals surface area contributed by atoms with E-state index in [1.807, 2.05) is 12.1 Å². The Bertz CT molecular complexity index is 719. The van der Waals surface area contributed by atoms with Crippen LogP contribution in [0.15, 0.2) is 42.5 Å². The van der Waals surface area contributed by atoms with E-state index in [0.29, 0.717) is 0 Å². The third kappa shape index (κ3) is 2.90. The van der Waals surface area contributed by atoms with E-state index < -0.39 is 0 Å². The van der Waals surface area contributed by atoms with Gasteiger partial charge in [-0.2, -0.15) is 0 Å². The third-order valence-electron chi connectivity index (χ3n) is 5.62. The Kier molecular flexibility index (Phi) is 4.33. The van der Waals surface area contributed by atoms with Crippen LogP contribution in [-0.2, 0) is 10.8 Å². The molecule has 2 aromatic rings. The van der Waals surface area contributed by atoms with E-state index in [-0.39, 0.29) is 10.8 Å². The molecule has 0 amide bonds. The van der Waals surface area contributed by atoms with E-state index in [2.05, 4.69) is 51.1 Å². The maximum atomic E-state index is 6.50. The molecule has 128 valence electrons. The summed E-state index contributed by atoms with van der Waals surface area (Å²) in [6.45, 7) is 6.77. The first-order valence-electron chi connectivity index (χ1n) is 9.10. The Labute approximate surface area is 146 Å². The monoisotopic (exact) mass is 322 g/mol. The molecule has 3 rings (SSSR count). The Morgan fingerprint density at radius 1 is 0.792 bits per heavy atom. The molecule has 0 unspecified atom stereocenters. The van der Waals surface area contributed by atoms with E-state index in [1.54, 1.807) is 0 Å². The van der Waals surface area contributed by atoms with E-state index in [4.69, 9.17) is 11.5 Å². The fraction of sp³-hybridized carbons (Fsp3) is 0.455. The Hall–Kier alpha value is -1.96. The molecule has 0 atom stereocenters. The van der Waals surface area contributed by atoms with Crippen LogP contribution in [0.25, 0.3) is 0 Å². The summed E-state index contributed by atoms with van der Waals surface area (Å²) in [5.41, 5.74) is 18.6. The lowest BCUT2D eigenvalue weighted by Gasteiger charge is -2.40. The zero-order valence-electron chi connectivity index (χ0n) is 15.2. The van der Waals surface area contributed by atoms with Gasteiger partial charge in [-0.3, -0.25) is 0 Å². The molecule has 4 N–H and O–H groups in total. The van der Waals surface area contributed by atoms with Crippen molar-refractivity contribution in [2.24, 2.45) is 0 Å². The van der Waals surface area contributed by atoms with Crippen LogP contribution in [0.3, 0.4) is 0 Å². The molecule has 0 aliphatic heterocycles. The van der Waals surface area contributed by atoms with Gasteiger partial charge in [-0.05, 0) is 47.1 Å². The van der Waals surface area contributed by atoms with E-state index in [0.717, 1.165) is 24.2 Å². The predicted octanol–water partition coefficient (Wildman–Crippen LogP) is 5.40. The lowest BCUT2D eigenvalue weighted by atomic mass is 9.63. The van der Waals surface area contributed by atoms with Crippen molar-refractivity contribution in [1.29, 1.82) is 0 Å². The third-order valence-corrected chi connectivity index (χ3v) is 5.62. The van der Waals surface area contributed by atoms with Crippen molar-refractivity contribution in [3.63, 3.8) is 0 Å². The van der Waals surface area contributed by atoms with Crippen molar-refractivity contribution in [3.8, 4) is 0 Å². The van der Waals surface area contributed by atoms with Crippen LogP contribution in [0.1, 0.15) is 69.6 Å². The van der Waals surface area contributed by atoms with Gasteiger partial charge in [0.1, 0.15) is 0 Å². The lowest BCUT2D eigenvalue weighted by Crippen LogP contribution is -2.32. The smallest absolute Gasteiger partial charge is 0.0355 e.